The summed E-state index contributed by atoms with van der Waals surface area (Å²) in [5.74, 6) is -0.495. The van der Waals surface area contributed by atoms with Crippen molar-refractivity contribution in [2.24, 2.45) is 0 Å². The summed E-state index contributed by atoms with van der Waals surface area (Å²) in [5.41, 5.74) is 9.17. The number of anilines is 1. The van der Waals surface area contributed by atoms with Crippen LogP contribution in [0.15, 0.2) is 65.1 Å². The van der Waals surface area contributed by atoms with Crippen LogP contribution in [0.2, 0.25) is 0 Å². The van der Waals surface area contributed by atoms with Crippen LogP contribution in [0, 0.1) is 5.41 Å². The maximum Gasteiger partial charge on any atom is 0.336 e. The molecular formula is C20H14N2O3. The van der Waals surface area contributed by atoms with Crippen molar-refractivity contribution in [3.63, 3.8) is 0 Å². The maximum atomic E-state index is 11.6. The standard InChI is InChI=1S/C20H14N2O3/c21-12-6-5-11-7-17-16(14-3-1-2-4-15(14)20(23)24)8-13(22)10-19(17)25-18(11)9-12/h1-10,22H,21H2,(H,23,24). The largest absolute Gasteiger partial charge is 0.478 e. The summed E-state index contributed by atoms with van der Waals surface area (Å²) in [4.78, 5) is 11.6. The number of carbonyl (C=O) groups is 1. The Kier molecular flexibility index (Phi) is 3.28. The topological polar surface area (TPSA) is 100 Å². The van der Waals surface area contributed by atoms with Crippen LogP contribution in [0.1, 0.15) is 10.4 Å². The molecule has 5 heteroatoms. The molecule has 5 nitrogen and oxygen atoms in total. The molecule has 1 aliphatic carbocycles. The second-order valence-electron chi connectivity index (χ2n) is 5.83. The molecule has 0 saturated carbocycles. The number of fused-ring (bicyclic) bond motifs is 2. The smallest absolute Gasteiger partial charge is 0.336 e. The zero-order valence-corrected chi connectivity index (χ0v) is 13.1. The number of benzene rings is 3. The van der Waals surface area contributed by atoms with Gasteiger partial charge in [-0.05, 0) is 41.5 Å². The van der Waals surface area contributed by atoms with Crippen LogP contribution >= 0.6 is 0 Å². The Morgan fingerprint density at radius 3 is 2.56 bits per heavy atom. The number of nitrogen functional groups attached to an aromatic ring is 1. The van der Waals surface area contributed by atoms with Gasteiger partial charge in [0.15, 0.2) is 0 Å². The van der Waals surface area contributed by atoms with Crippen molar-refractivity contribution in [3.8, 4) is 22.5 Å². The summed E-state index contributed by atoms with van der Waals surface area (Å²) in [6.45, 7) is 0. The first-order valence-corrected chi connectivity index (χ1v) is 7.67. The van der Waals surface area contributed by atoms with Crippen molar-refractivity contribution >= 4 is 22.6 Å². The van der Waals surface area contributed by atoms with Crippen LogP contribution < -0.4 is 11.1 Å². The normalized spacial score (nSPS) is 11.0. The van der Waals surface area contributed by atoms with Gasteiger partial charge in [-0.1, -0.05) is 18.2 Å². The number of carboxylic acids is 1. The lowest BCUT2D eigenvalue weighted by atomic mass is 9.92. The molecule has 4 N–H and O–H groups in total. The third-order valence-corrected chi connectivity index (χ3v) is 4.15. The van der Waals surface area contributed by atoms with Crippen molar-refractivity contribution < 1.29 is 14.3 Å². The Morgan fingerprint density at radius 1 is 0.960 bits per heavy atom. The van der Waals surface area contributed by atoms with Crippen LogP contribution in [0.3, 0.4) is 0 Å². The number of aromatic carboxylic acids is 1. The average molecular weight is 330 g/mol. The number of carboxylic acid groups (broad SMARTS) is 1. The molecule has 0 atom stereocenters. The highest BCUT2D eigenvalue weighted by Crippen LogP contribution is 2.37. The Morgan fingerprint density at radius 2 is 1.76 bits per heavy atom. The lowest BCUT2D eigenvalue weighted by Gasteiger charge is -2.14. The molecule has 1 heterocycles. The van der Waals surface area contributed by atoms with Gasteiger partial charge >= 0.3 is 5.97 Å². The molecule has 2 aliphatic rings. The first-order valence-electron chi connectivity index (χ1n) is 7.67. The summed E-state index contributed by atoms with van der Waals surface area (Å²) >= 11 is 0. The summed E-state index contributed by atoms with van der Waals surface area (Å²) in [5, 5.41) is 18.6. The zero-order valence-electron chi connectivity index (χ0n) is 13.1. The van der Waals surface area contributed by atoms with E-state index in [1.165, 1.54) is 0 Å². The molecular weight excluding hydrogens is 316 g/mol. The number of hydrogen-bond donors (Lipinski definition) is 3. The lowest BCUT2D eigenvalue weighted by molar-refractivity contribution is 0.0697. The van der Waals surface area contributed by atoms with Crippen molar-refractivity contribution in [3.05, 3.63) is 71.6 Å². The van der Waals surface area contributed by atoms with Gasteiger partial charge in [0, 0.05) is 28.8 Å². The lowest BCUT2D eigenvalue weighted by Crippen LogP contribution is -2.05. The Bertz CT molecular complexity index is 1160. The van der Waals surface area contributed by atoms with Crippen LogP contribution in [0.5, 0.6) is 0 Å². The van der Waals surface area contributed by atoms with Gasteiger partial charge in [0.05, 0.1) is 10.9 Å². The van der Waals surface area contributed by atoms with Crippen LogP contribution in [0.25, 0.3) is 33.4 Å². The molecule has 2 aromatic carbocycles. The van der Waals surface area contributed by atoms with Crippen LogP contribution in [-0.2, 0) is 0 Å². The Labute approximate surface area is 142 Å². The van der Waals surface area contributed by atoms with E-state index in [0.717, 1.165) is 10.9 Å². The number of hydrogen-bond acceptors (Lipinski definition) is 4. The highest BCUT2D eigenvalue weighted by Gasteiger charge is 2.18. The van der Waals surface area contributed by atoms with Crippen LogP contribution in [-0.4, -0.2) is 11.1 Å². The molecule has 4 rings (SSSR count). The third kappa shape index (κ3) is 2.52. The third-order valence-electron chi connectivity index (χ3n) is 4.15. The molecule has 1 aliphatic heterocycles. The van der Waals surface area contributed by atoms with Crippen molar-refractivity contribution in [2.45, 2.75) is 0 Å². The van der Waals surface area contributed by atoms with E-state index < -0.39 is 5.97 Å². The molecule has 25 heavy (non-hydrogen) atoms. The SMILES string of the molecule is N=c1cc2oc3cc(N)ccc3cc-2c(-c2ccccc2C(=O)O)c1. The van der Waals surface area contributed by atoms with Gasteiger partial charge in [-0.25, -0.2) is 4.79 Å². The van der Waals surface area contributed by atoms with Gasteiger partial charge in [-0.15, -0.1) is 0 Å². The van der Waals surface area contributed by atoms with E-state index >= 15 is 0 Å². The minimum Gasteiger partial charge on any atom is -0.478 e. The number of nitrogens with one attached hydrogen (secondary N) is 1. The molecule has 0 unspecified atom stereocenters. The second-order valence-corrected chi connectivity index (χ2v) is 5.83. The summed E-state index contributed by atoms with van der Waals surface area (Å²) in [6, 6.07) is 17.3. The van der Waals surface area contributed by atoms with Gasteiger partial charge < -0.3 is 20.7 Å². The van der Waals surface area contributed by atoms with E-state index in [4.69, 9.17) is 15.6 Å². The monoisotopic (exact) mass is 330 g/mol. The fraction of sp³-hybridized carbons (Fsp3) is 0. The average Bonchev–Trinajstić information content (AvgIpc) is 2.59. The molecule has 122 valence electrons. The van der Waals surface area contributed by atoms with Crippen molar-refractivity contribution in [1.29, 1.82) is 5.41 Å². The fourth-order valence-electron chi connectivity index (χ4n) is 3.02. The first-order chi connectivity index (χ1) is 12.0. The second kappa shape index (κ2) is 5.49. The Balaban J connectivity index is 2.10. The van der Waals surface area contributed by atoms with E-state index in [1.54, 1.807) is 48.5 Å². The predicted molar refractivity (Wildman–Crippen MR) is 95.5 cm³/mol. The van der Waals surface area contributed by atoms with Crippen molar-refractivity contribution in [1.82, 2.24) is 0 Å². The highest BCUT2D eigenvalue weighted by molar-refractivity contribution is 5.99. The molecule has 0 radical (unpaired) electrons. The summed E-state index contributed by atoms with van der Waals surface area (Å²) in [7, 11) is 0. The first kappa shape index (κ1) is 15.0. The zero-order chi connectivity index (χ0) is 17.6. The summed E-state index contributed by atoms with van der Waals surface area (Å²) in [6.07, 6.45) is 0. The minimum absolute atomic E-state index is 0.187. The molecule has 0 amide bonds. The van der Waals surface area contributed by atoms with E-state index in [1.807, 2.05) is 12.1 Å². The molecule has 0 aromatic heterocycles. The van der Waals surface area contributed by atoms with Gasteiger partial charge in [-0.2, -0.15) is 0 Å². The molecule has 0 bridgehead atoms. The summed E-state index contributed by atoms with van der Waals surface area (Å²) < 4.78 is 5.92. The van der Waals surface area contributed by atoms with Gasteiger partial charge in [0.1, 0.15) is 11.3 Å². The quantitative estimate of drug-likeness (QED) is 0.382. The number of rotatable bonds is 2. The fourth-order valence-corrected chi connectivity index (χ4v) is 3.02. The molecule has 0 fully saturated rings. The Hall–Kier alpha value is -3.60. The minimum atomic E-state index is -1.01. The number of nitrogens with two attached hydrogens (primary N) is 1. The molecule has 2 aromatic rings. The molecule has 0 spiro atoms. The van der Waals surface area contributed by atoms with E-state index in [0.29, 0.717) is 28.2 Å². The maximum absolute atomic E-state index is 11.6. The van der Waals surface area contributed by atoms with E-state index in [-0.39, 0.29) is 10.9 Å². The predicted octanol–water partition coefficient (Wildman–Crippen LogP) is 3.96. The van der Waals surface area contributed by atoms with Gasteiger partial charge in [0.25, 0.3) is 0 Å². The van der Waals surface area contributed by atoms with Gasteiger partial charge in [-0.3, -0.25) is 0 Å². The van der Waals surface area contributed by atoms with Crippen molar-refractivity contribution in [2.75, 3.05) is 5.73 Å². The molecule has 0 saturated heterocycles. The highest BCUT2D eigenvalue weighted by atomic mass is 16.4. The van der Waals surface area contributed by atoms with E-state index in [9.17, 15) is 9.90 Å². The van der Waals surface area contributed by atoms with E-state index in [2.05, 4.69) is 0 Å². The van der Waals surface area contributed by atoms with Crippen LogP contribution in [0.4, 0.5) is 5.69 Å². The van der Waals surface area contributed by atoms with Gasteiger partial charge in [0.2, 0.25) is 0 Å².